The van der Waals surface area contributed by atoms with Crippen molar-refractivity contribution in [1.82, 2.24) is 4.72 Å². The molecule has 1 aliphatic rings. The van der Waals surface area contributed by atoms with Gasteiger partial charge in [0, 0.05) is 16.9 Å². The second kappa shape index (κ2) is 4.77. The summed E-state index contributed by atoms with van der Waals surface area (Å²) in [6.07, 6.45) is 4.28. The number of sulfonamides is 1. The lowest BCUT2D eigenvalue weighted by Crippen LogP contribution is -2.30. The number of rotatable bonds is 3. The topological polar surface area (TPSA) is 59.3 Å². The van der Waals surface area contributed by atoms with Crippen LogP contribution in [0.1, 0.15) is 35.1 Å². The first kappa shape index (κ1) is 12.9. The van der Waals surface area contributed by atoms with Gasteiger partial charge in [0.25, 0.3) is 10.0 Å². The SMILES string of the molecule is Cc1ccc(S(=O)(=O)NC2CCCc3occc32)s1. The summed E-state index contributed by atoms with van der Waals surface area (Å²) in [5.74, 6) is 0.904. The van der Waals surface area contributed by atoms with Gasteiger partial charge in [0.2, 0.25) is 0 Å². The number of thiophene rings is 1. The van der Waals surface area contributed by atoms with Gasteiger partial charge in [-0.1, -0.05) is 0 Å². The van der Waals surface area contributed by atoms with Crippen molar-refractivity contribution in [1.29, 1.82) is 0 Å². The minimum absolute atomic E-state index is 0.171. The Balaban J connectivity index is 1.87. The van der Waals surface area contributed by atoms with Crippen LogP contribution in [0.5, 0.6) is 0 Å². The van der Waals surface area contributed by atoms with Crippen molar-refractivity contribution in [2.75, 3.05) is 0 Å². The second-order valence-electron chi connectivity index (χ2n) is 4.73. The number of nitrogens with one attached hydrogen (secondary N) is 1. The van der Waals surface area contributed by atoms with Crippen LogP contribution in [-0.4, -0.2) is 8.42 Å². The quantitative estimate of drug-likeness (QED) is 0.947. The van der Waals surface area contributed by atoms with Gasteiger partial charge in [-0.3, -0.25) is 0 Å². The third kappa shape index (κ3) is 2.48. The molecule has 0 radical (unpaired) electrons. The van der Waals surface area contributed by atoms with Crippen molar-refractivity contribution in [2.24, 2.45) is 0 Å². The van der Waals surface area contributed by atoms with E-state index in [-0.39, 0.29) is 6.04 Å². The zero-order valence-corrected chi connectivity index (χ0v) is 12.2. The van der Waals surface area contributed by atoms with Gasteiger partial charge >= 0.3 is 0 Å². The molecule has 4 nitrogen and oxygen atoms in total. The van der Waals surface area contributed by atoms with Crippen LogP contribution in [0.4, 0.5) is 0 Å². The molecule has 3 rings (SSSR count). The molecule has 0 amide bonds. The predicted molar refractivity (Wildman–Crippen MR) is 73.8 cm³/mol. The molecule has 2 aromatic rings. The van der Waals surface area contributed by atoms with Crippen LogP contribution in [0.3, 0.4) is 0 Å². The molecule has 2 heterocycles. The fourth-order valence-corrected chi connectivity index (χ4v) is 4.96. The molecule has 19 heavy (non-hydrogen) atoms. The Morgan fingerprint density at radius 1 is 1.37 bits per heavy atom. The summed E-state index contributed by atoms with van der Waals surface area (Å²) >= 11 is 1.29. The van der Waals surface area contributed by atoms with Crippen molar-refractivity contribution in [2.45, 2.75) is 36.4 Å². The van der Waals surface area contributed by atoms with Crippen LogP contribution in [0.15, 0.2) is 33.1 Å². The van der Waals surface area contributed by atoms with E-state index in [0.29, 0.717) is 4.21 Å². The fraction of sp³-hybridized carbons (Fsp3) is 0.385. The highest BCUT2D eigenvalue weighted by atomic mass is 32.2. The van der Waals surface area contributed by atoms with Crippen molar-refractivity contribution in [3.8, 4) is 0 Å². The molecule has 1 aliphatic carbocycles. The molecule has 0 aliphatic heterocycles. The standard InChI is InChI=1S/C13H15NO3S2/c1-9-5-6-13(18-9)19(15,16)14-11-3-2-4-12-10(11)7-8-17-12/h5-8,11,14H,2-4H2,1H3. The maximum absolute atomic E-state index is 12.3. The van der Waals surface area contributed by atoms with Crippen LogP contribution in [0.25, 0.3) is 0 Å². The lowest BCUT2D eigenvalue weighted by Gasteiger charge is -2.22. The molecule has 0 saturated carbocycles. The Labute approximate surface area is 116 Å². The van der Waals surface area contributed by atoms with E-state index in [4.69, 9.17) is 4.42 Å². The van der Waals surface area contributed by atoms with Gasteiger partial charge in [0.05, 0.1) is 12.3 Å². The Morgan fingerprint density at radius 3 is 2.95 bits per heavy atom. The lowest BCUT2D eigenvalue weighted by atomic mass is 9.94. The summed E-state index contributed by atoms with van der Waals surface area (Å²) in [6.45, 7) is 1.90. The number of furan rings is 1. The Bertz CT molecular complexity index is 684. The minimum atomic E-state index is -3.43. The molecule has 1 unspecified atom stereocenters. The maximum Gasteiger partial charge on any atom is 0.250 e. The molecule has 0 saturated heterocycles. The monoisotopic (exact) mass is 297 g/mol. The number of aryl methyl sites for hydroxylation is 2. The van der Waals surface area contributed by atoms with Crippen LogP contribution in [-0.2, 0) is 16.4 Å². The van der Waals surface area contributed by atoms with Crippen molar-refractivity contribution < 1.29 is 12.8 Å². The van der Waals surface area contributed by atoms with Crippen molar-refractivity contribution in [3.63, 3.8) is 0 Å². The van der Waals surface area contributed by atoms with E-state index in [0.717, 1.165) is 35.5 Å². The second-order valence-corrected chi connectivity index (χ2v) is 7.96. The summed E-state index contributed by atoms with van der Waals surface area (Å²) in [7, 11) is -3.43. The Morgan fingerprint density at radius 2 is 2.21 bits per heavy atom. The zero-order chi connectivity index (χ0) is 13.5. The van der Waals surface area contributed by atoms with Gasteiger partial charge < -0.3 is 4.42 Å². The van der Waals surface area contributed by atoms with E-state index in [1.165, 1.54) is 11.3 Å². The first-order valence-corrected chi connectivity index (χ1v) is 8.51. The molecule has 0 fully saturated rings. The summed E-state index contributed by atoms with van der Waals surface area (Å²) in [5.41, 5.74) is 0.975. The maximum atomic E-state index is 12.3. The molecule has 2 aromatic heterocycles. The highest BCUT2D eigenvalue weighted by molar-refractivity contribution is 7.91. The molecule has 0 aromatic carbocycles. The van der Waals surface area contributed by atoms with E-state index in [1.807, 2.05) is 19.1 Å². The zero-order valence-electron chi connectivity index (χ0n) is 10.5. The first-order chi connectivity index (χ1) is 9.06. The van der Waals surface area contributed by atoms with Gasteiger partial charge in [0.1, 0.15) is 9.97 Å². The Kier molecular flexibility index (Phi) is 3.24. The molecule has 6 heteroatoms. The van der Waals surface area contributed by atoms with Crippen LogP contribution >= 0.6 is 11.3 Å². The molecule has 0 bridgehead atoms. The van der Waals surface area contributed by atoms with Gasteiger partial charge in [-0.2, -0.15) is 0 Å². The molecule has 102 valence electrons. The first-order valence-electron chi connectivity index (χ1n) is 6.21. The molecule has 1 N–H and O–H groups in total. The normalized spacial score (nSPS) is 19.3. The fourth-order valence-electron chi connectivity index (χ4n) is 2.41. The summed E-state index contributed by atoms with van der Waals surface area (Å²) in [6, 6.07) is 5.17. The number of hydrogen-bond acceptors (Lipinski definition) is 4. The molecule has 1 atom stereocenters. The van der Waals surface area contributed by atoms with Crippen molar-refractivity contribution >= 4 is 21.4 Å². The van der Waals surface area contributed by atoms with Crippen molar-refractivity contribution in [3.05, 3.63) is 40.7 Å². The highest BCUT2D eigenvalue weighted by Gasteiger charge is 2.28. The highest BCUT2D eigenvalue weighted by Crippen LogP contribution is 2.32. The van der Waals surface area contributed by atoms with E-state index in [9.17, 15) is 8.42 Å². The molecule has 0 spiro atoms. The van der Waals surface area contributed by atoms with E-state index in [1.54, 1.807) is 12.3 Å². The van der Waals surface area contributed by atoms with E-state index in [2.05, 4.69) is 4.72 Å². The minimum Gasteiger partial charge on any atom is -0.469 e. The lowest BCUT2D eigenvalue weighted by molar-refractivity contribution is 0.438. The summed E-state index contributed by atoms with van der Waals surface area (Å²) in [4.78, 5) is 0.994. The number of hydrogen-bond donors (Lipinski definition) is 1. The average Bonchev–Trinajstić information content (AvgIpc) is 2.97. The van der Waals surface area contributed by atoms with Gasteiger partial charge in [0.15, 0.2) is 0 Å². The van der Waals surface area contributed by atoms with E-state index >= 15 is 0 Å². The van der Waals surface area contributed by atoms with Gasteiger partial charge in [-0.25, -0.2) is 13.1 Å². The summed E-state index contributed by atoms with van der Waals surface area (Å²) in [5, 5.41) is 0. The van der Waals surface area contributed by atoms with Crippen LogP contribution in [0, 0.1) is 6.92 Å². The molecular weight excluding hydrogens is 282 g/mol. The van der Waals surface area contributed by atoms with Gasteiger partial charge in [-0.15, -0.1) is 11.3 Å². The van der Waals surface area contributed by atoms with Crippen LogP contribution in [0.2, 0.25) is 0 Å². The largest absolute Gasteiger partial charge is 0.469 e. The third-order valence-electron chi connectivity index (χ3n) is 3.33. The smallest absolute Gasteiger partial charge is 0.250 e. The van der Waals surface area contributed by atoms with Gasteiger partial charge in [-0.05, 0) is 38.0 Å². The third-order valence-corrected chi connectivity index (χ3v) is 6.29. The van der Waals surface area contributed by atoms with E-state index < -0.39 is 10.0 Å². The van der Waals surface area contributed by atoms with Crippen LogP contribution < -0.4 is 4.72 Å². The summed E-state index contributed by atoms with van der Waals surface area (Å²) < 4.78 is 33.2. The average molecular weight is 297 g/mol. The number of fused-ring (bicyclic) bond motifs is 1. The molecular formula is C13H15NO3S2. The predicted octanol–water partition coefficient (Wildman–Crippen LogP) is 3.01. The Hall–Kier alpha value is -1.11.